The number of piperazine rings is 1. The maximum Gasteiger partial charge on any atom is 0.0247 e. The van der Waals surface area contributed by atoms with Gasteiger partial charge in [0.15, 0.2) is 0 Å². The Morgan fingerprint density at radius 2 is 1.27 bits per heavy atom. The average Bonchev–Trinajstić information content (AvgIpc) is 1.99. The van der Waals surface area contributed by atoms with Gasteiger partial charge in [-0.05, 0) is 48.0 Å². The fourth-order valence-corrected chi connectivity index (χ4v) is 3.25. The van der Waals surface area contributed by atoms with Crippen molar-refractivity contribution in [3.8, 4) is 0 Å². The van der Waals surface area contributed by atoms with Crippen LogP contribution in [0.3, 0.4) is 0 Å². The zero-order valence-corrected chi connectivity index (χ0v) is 11.2. The Bertz CT molecular complexity index is 234. The summed E-state index contributed by atoms with van der Waals surface area (Å²) in [6, 6.07) is 1.62. The van der Waals surface area contributed by atoms with Crippen LogP contribution in [0.2, 0.25) is 0 Å². The summed E-state index contributed by atoms with van der Waals surface area (Å²) in [5.41, 5.74) is 0.707. The molecule has 2 heteroatoms. The Morgan fingerprint density at radius 1 is 0.800 bits per heavy atom. The van der Waals surface area contributed by atoms with Gasteiger partial charge in [-0.15, -0.1) is 0 Å². The summed E-state index contributed by atoms with van der Waals surface area (Å²) in [7, 11) is 0. The molecule has 0 amide bonds. The van der Waals surface area contributed by atoms with Gasteiger partial charge < -0.3 is 0 Å². The molecule has 88 valence electrons. The van der Waals surface area contributed by atoms with E-state index < -0.39 is 0 Å². The molecule has 3 heterocycles. The highest BCUT2D eigenvalue weighted by molar-refractivity contribution is 5.06. The first-order valence-electron chi connectivity index (χ1n) is 6.23. The van der Waals surface area contributed by atoms with Gasteiger partial charge in [0.25, 0.3) is 0 Å². The van der Waals surface area contributed by atoms with E-state index in [4.69, 9.17) is 0 Å². The largest absolute Gasteiger partial charge is 0.295 e. The molecule has 15 heavy (non-hydrogen) atoms. The van der Waals surface area contributed by atoms with E-state index in [0.29, 0.717) is 11.1 Å². The molecule has 0 aromatic rings. The third kappa shape index (κ3) is 1.94. The minimum atomic E-state index is 0.348. The van der Waals surface area contributed by atoms with Crippen molar-refractivity contribution in [3.05, 3.63) is 0 Å². The summed E-state index contributed by atoms with van der Waals surface area (Å²) in [5.74, 6) is 0. The van der Waals surface area contributed by atoms with Crippen molar-refractivity contribution in [1.82, 2.24) is 9.80 Å². The highest BCUT2D eigenvalue weighted by atomic mass is 15.4. The van der Waals surface area contributed by atoms with Crippen molar-refractivity contribution < 1.29 is 0 Å². The first-order chi connectivity index (χ1) is 6.69. The smallest absolute Gasteiger partial charge is 0.0247 e. The lowest BCUT2D eigenvalue weighted by atomic mass is 9.80. The van der Waals surface area contributed by atoms with Crippen molar-refractivity contribution in [1.29, 1.82) is 0 Å². The predicted octanol–water partition coefficient (Wildman–Crippen LogP) is 2.34. The van der Waals surface area contributed by atoms with Gasteiger partial charge in [-0.1, -0.05) is 0 Å². The Balaban J connectivity index is 2.03. The van der Waals surface area contributed by atoms with Crippen molar-refractivity contribution >= 4 is 0 Å². The highest BCUT2D eigenvalue weighted by Gasteiger charge is 2.50. The van der Waals surface area contributed by atoms with Gasteiger partial charge in [-0.3, -0.25) is 9.80 Å². The predicted molar refractivity (Wildman–Crippen MR) is 65.1 cm³/mol. The van der Waals surface area contributed by atoms with Gasteiger partial charge in [-0.2, -0.15) is 0 Å². The van der Waals surface area contributed by atoms with Gasteiger partial charge >= 0.3 is 0 Å². The molecular formula is C13H26N2. The molecule has 2 bridgehead atoms. The second-order valence-corrected chi connectivity index (χ2v) is 7.20. The van der Waals surface area contributed by atoms with Crippen LogP contribution in [0.4, 0.5) is 0 Å². The monoisotopic (exact) mass is 210 g/mol. The molecule has 2 unspecified atom stereocenters. The third-order valence-electron chi connectivity index (χ3n) is 3.92. The summed E-state index contributed by atoms with van der Waals surface area (Å²) in [6.45, 7) is 16.6. The van der Waals surface area contributed by atoms with Crippen LogP contribution in [0.1, 0.15) is 48.0 Å². The number of rotatable bonds is 0. The first-order valence-corrected chi connectivity index (χ1v) is 6.23. The Hall–Kier alpha value is -0.0800. The molecule has 0 aromatic carbocycles. The Morgan fingerprint density at radius 3 is 1.60 bits per heavy atom. The maximum absolute atomic E-state index is 2.72. The van der Waals surface area contributed by atoms with E-state index in [0.717, 1.165) is 12.1 Å². The molecule has 0 spiro atoms. The quantitative estimate of drug-likeness (QED) is 0.605. The number of hydrogen-bond acceptors (Lipinski definition) is 2. The van der Waals surface area contributed by atoms with Crippen molar-refractivity contribution in [2.24, 2.45) is 0 Å². The minimum absolute atomic E-state index is 0.348. The standard InChI is InChI=1S/C13H26N2/c1-12(2,3)14-8-10-7-11(9-14)15(10)13(4,5)6/h10-11H,7-9H2,1-6H3. The Kier molecular flexibility index (Phi) is 2.44. The third-order valence-corrected chi connectivity index (χ3v) is 3.92. The lowest BCUT2D eigenvalue weighted by molar-refractivity contribution is -0.137. The number of hydrogen-bond donors (Lipinski definition) is 0. The fourth-order valence-electron chi connectivity index (χ4n) is 3.25. The van der Waals surface area contributed by atoms with Crippen molar-refractivity contribution in [2.45, 2.75) is 71.1 Å². The summed E-state index contributed by atoms with van der Waals surface area (Å²) in [4.78, 5) is 5.36. The second kappa shape index (κ2) is 3.21. The van der Waals surface area contributed by atoms with Crippen molar-refractivity contribution in [2.75, 3.05) is 13.1 Å². The van der Waals surface area contributed by atoms with Crippen LogP contribution in [-0.4, -0.2) is 46.1 Å². The molecule has 2 nitrogen and oxygen atoms in total. The summed E-state index contributed by atoms with van der Waals surface area (Å²) >= 11 is 0. The molecule has 0 aliphatic carbocycles. The van der Waals surface area contributed by atoms with Crippen LogP contribution in [0, 0.1) is 0 Å². The van der Waals surface area contributed by atoms with E-state index in [1.807, 2.05) is 0 Å². The van der Waals surface area contributed by atoms with E-state index in [1.165, 1.54) is 19.5 Å². The zero-order valence-electron chi connectivity index (χ0n) is 11.2. The molecule has 3 saturated heterocycles. The zero-order chi connectivity index (χ0) is 11.4. The van der Waals surface area contributed by atoms with Crippen LogP contribution < -0.4 is 0 Å². The molecule has 3 rings (SSSR count). The van der Waals surface area contributed by atoms with Crippen LogP contribution in [0.15, 0.2) is 0 Å². The van der Waals surface area contributed by atoms with Crippen LogP contribution >= 0.6 is 0 Å². The van der Waals surface area contributed by atoms with E-state index in [-0.39, 0.29) is 0 Å². The van der Waals surface area contributed by atoms with Gasteiger partial charge in [0.05, 0.1) is 0 Å². The molecule has 0 radical (unpaired) electrons. The normalized spacial score (nSPS) is 34.0. The number of fused-ring (bicyclic) bond motifs is 2. The maximum atomic E-state index is 2.72. The SMILES string of the molecule is CC(C)(C)N1CC2CC(C1)N2C(C)(C)C. The van der Waals surface area contributed by atoms with Gasteiger partial charge in [0.1, 0.15) is 0 Å². The fraction of sp³-hybridized carbons (Fsp3) is 1.00. The van der Waals surface area contributed by atoms with E-state index in [2.05, 4.69) is 51.3 Å². The summed E-state index contributed by atoms with van der Waals surface area (Å²) in [5, 5.41) is 0. The lowest BCUT2D eigenvalue weighted by Gasteiger charge is -2.63. The molecule has 0 saturated carbocycles. The van der Waals surface area contributed by atoms with Crippen LogP contribution in [0.25, 0.3) is 0 Å². The van der Waals surface area contributed by atoms with Crippen molar-refractivity contribution in [3.63, 3.8) is 0 Å². The minimum Gasteiger partial charge on any atom is -0.295 e. The molecule has 3 aliphatic heterocycles. The number of nitrogens with zero attached hydrogens (tertiary/aromatic N) is 2. The molecule has 2 atom stereocenters. The molecule has 0 aromatic heterocycles. The van der Waals surface area contributed by atoms with E-state index in [9.17, 15) is 0 Å². The summed E-state index contributed by atoms with van der Waals surface area (Å²) in [6.07, 6.45) is 1.42. The average molecular weight is 210 g/mol. The topological polar surface area (TPSA) is 6.48 Å². The summed E-state index contributed by atoms with van der Waals surface area (Å²) < 4.78 is 0. The second-order valence-electron chi connectivity index (χ2n) is 7.20. The highest BCUT2D eigenvalue weighted by Crippen LogP contribution is 2.39. The number of piperidine rings is 1. The van der Waals surface area contributed by atoms with Crippen LogP contribution in [0.5, 0.6) is 0 Å². The van der Waals surface area contributed by atoms with Gasteiger partial charge in [0.2, 0.25) is 0 Å². The molecule has 0 N–H and O–H groups in total. The van der Waals surface area contributed by atoms with Gasteiger partial charge in [-0.25, -0.2) is 0 Å². The van der Waals surface area contributed by atoms with E-state index in [1.54, 1.807) is 0 Å². The molecule has 3 aliphatic rings. The Labute approximate surface area is 94.6 Å². The lowest BCUT2D eigenvalue weighted by Crippen LogP contribution is -2.74. The molecular weight excluding hydrogens is 184 g/mol. The molecule has 3 fully saturated rings. The van der Waals surface area contributed by atoms with Gasteiger partial charge in [0, 0.05) is 36.3 Å². The first kappa shape index (κ1) is 11.4. The van der Waals surface area contributed by atoms with E-state index >= 15 is 0 Å². The van der Waals surface area contributed by atoms with Crippen LogP contribution in [-0.2, 0) is 0 Å².